The minimum Gasteiger partial charge on any atom is -0.361 e. The number of alkyl halides is 3. The molecule has 0 saturated carbocycles. The van der Waals surface area contributed by atoms with E-state index < -0.39 is 11.7 Å². The van der Waals surface area contributed by atoms with Crippen molar-refractivity contribution in [2.24, 2.45) is 0 Å². The molecule has 1 aromatic carbocycles. The van der Waals surface area contributed by atoms with Crippen LogP contribution >= 0.6 is 0 Å². The molecular weight excluding hydrogens is 219 g/mol. The van der Waals surface area contributed by atoms with Crippen LogP contribution in [0.15, 0.2) is 34.9 Å². The van der Waals surface area contributed by atoms with E-state index in [2.05, 4.69) is 5.16 Å². The van der Waals surface area contributed by atoms with Gasteiger partial charge in [0, 0.05) is 11.6 Å². The van der Waals surface area contributed by atoms with Crippen molar-refractivity contribution in [3.05, 3.63) is 41.7 Å². The zero-order valence-corrected chi connectivity index (χ0v) is 8.38. The number of rotatable bonds is 1. The van der Waals surface area contributed by atoms with Crippen molar-refractivity contribution in [3.63, 3.8) is 0 Å². The molecule has 1 aromatic heterocycles. The molecule has 0 atom stereocenters. The average molecular weight is 227 g/mol. The number of halogens is 3. The Morgan fingerprint density at radius 3 is 2.19 bits per heavy atom. The first-order valence-corrected chi connectivity index (χ1v) is 4.58. The lowest BCUT2D eigenvalue weighted by Gasteiger charge is -2.06. The normalized spacial score (nSPS) is 11.8. The highest BCUT2D eigenvalue weighted by atomic mass is 19.4. The molecule has 0 aliphatic carbocycles. The fourth-order valence-corrected chi connectivity index (χ4v) is 1.33. The van der Waals surface area contributed by atoms with Crippen molar-refractivity contribution in [1.29, 1.82) is 0 Å². The Bertz CT molecular complexity index is 485. The zero-order chi connectivity index (χ0) is 11.8. The summed E-state index contributed by atoms with van der Waals surface area (Å²) in [4.78, 5) is 0. The molecule has 0 amide bonds. The molecule has 0 radical (unpaired) electrons. The van der Waals surface area contributed by atoms with Gasteiger partial charge in [-0.25, -0.2) is 0 Å². The van der Waals surface area contributed by atoms with E-state index in [0.717, 1.165) is 12.1 Å². The highest BCUT2D eigenvalue weighted by molar-refractivity contribution is 5.59. The molecule has 0 saturated heterocycles. The molecule has 2 nitrogen and oxygen atoms in total. The maximum Gasteiger partial charge on any atom is 0.416 e. The lowest BCUT2D eigenvalue weighted by Crippen LogP contribution is -2.03. The van der Waals surface area contributed by atoms with Crippen LogP contribution in [0, 0.1) is 6.92 Å². The number of aryl methyl sites for hydroxylation is 1. The molecule has 16 heavy (non-hydrogen) atoms. The molecule has 0 N–H and O–H groups in total. The van der Waals surface area contributed by atoms with E-state index in [9.17, 15) is 13.2 Å². The second kappa shape index (κ2) is 3.66. The van der Waals surface area contributed by atoms with E-state index in [-0.39, 0.29) is 0 Å². The van der Waals surface area contributed by atoms with E-state index in [0.29, 0.717) is 17.0 Å². The van der Waals surface area contributed by atoms with E-state index >= 15 is 0 Å². The summed E-state index contributed by atoms with van der Waals surface area (Å²) in [5, 5.41) is 3.72. The summed E-state index contributed by atoms with van der Waals surface area (Å²) in [6.07, 6.45) is -4.31. The van der Waals surface area contributed by atoms with E-state index in [1.807, 2.05) is 0 Å². The quantitative estimate of drug-likeness (QED) is 0.742. The fourth-order valence-electron chi connectivity index (χ4n) is 1.33. The van der Waals surface area contributed by atoms with Gasteiger partial charge in [-0.2, -0.15) is 13.2 Å². The Hall–Kier alpha value is -1.78. The van der Waals surface area contributed by atoms with Crippen LogP contribution < -0.4 is 0 Å². The maximum absolute atomic E-state index is 12.3. The van der Waals surface area contributed by atoms with Gasteiger partial charge in [0.15, 0.2) is 0 Å². The van der Waals surface area contributed by atoms with E-state index in [4.69, 9.17) is 4.52 Å². The van der Waals surface area contributed by atoms with Gasteiger partial charge in [0.1, 0.15) is 11.5 Å². The Balaban J connectivity index is 2.33. The van der Waals surface area contributed by atoms with Gasteiger partial charge < -0.3 is 4.52 Å². The molecular formula is C11H8F3NO. The Kier molecular flexibility index (Phi) is 2.46. The van der Waals surface area contributed by atoms with Gasteiger partial charge in [0.2, 0.25) is 0 Å². The van der Waals surface area contributed by atoms with Crippen LogP contribution in [0.3, 0.4) is 0 Å². The maximum atomic E-state index is 12.3. The summed E-state index contributed by atoms with van der Waals surface area (Å²) < 4.78 is 41.7. The molecule has 0 aliphatic rings. The van der Waals surface area contributed by atoms with E-state index in [1.165, 1.54) is 12.1 Å². The molecule has 2 aromatic rings. The summed E-state index contributed by atoms with van der Waals surface area (Å²) in [5.74, 6) is 0.620. The largest absolute Gasteiger partial charge is 0.416 e. The second-order valence-electron chi connectivity index (χ2n) is 3.40. The third kappa shape index (κ3) is 2.08. The molecule has 1 heterocycles. The van der Waals surface area contributed by atoms with Crippen molar-refractivity contribution >= 4 is 0 Å². The first-order valence-electron chi connectivity index (χ1n) is 4.58. The number of nitrogens with zero attached hydrogens (tertiary/aromatic N) is 1. The van der Waals surface area contributed by atoms with Crippen LogP contribution in [0.1, 0.15) is 11.3 Å². The van der Waals surface area contributed by atoms with Gasteiger partial charge in [-0.1, -0.05) is 17.3 Å². The van der Waals surface area contributed by atoms with Crippen molar-refractivity contribution < 1.29 is 17.7 Å². The van der Waals surface area contributed by atoms with Gasteiger partial charge in [-0.05, 0) is 19.1 Å². The summed E-state index contributed by atoms with van der Waals surface area (Å²) in [5.41, 5.74) is 0.465. The van der Waals surface area contributed by atoms with Gasteiger partial charge >= 0.3 is 6.18 Å². The van der Waals surface area contributed by atoms with Crippen LogP contribution in [0.25, 0.3) is 11.3 Å². The summed E-state index contributed by atoms with van der Waals surface area (Å²) >= 11 is 0. The molecule has 0 aliphatic heterocycles. The SMILES string of the molecule is Cc1cc(-c2ccc(C(F)(F)F)cc2)no1. The van der Waals surface area contributed by atoms with Crippen LogP contribution in [-0.4, -0.2) is 5.16 Å². The highest BCUT2D eigenvalue weighted by Crippen LogP contribution is 2.30. The molecule has 0 unspecified atom stereocenters. The molecule has 84 valence electrons. The standard InChI is InChI=1S/C11H8F3NO/c1-7-6-10(15-16-7)8-2-4-9(5-3-8)11(12,13)14/h2-6H,1H3. The number of benzene rings is 1. The molecule has 5 heteroatoms. The lowest BCUT2D eigenvalue weighted by atomic mass is 10.1. The molecule has 0 spiro atoms. The van der Waals surface area contributed by atoms with Crippen molar-refractivity contribution in [3.8, 4) is 11.3 Å². The molecule has 0 bridgehead atoms. The van der Waals surface area contributed by atoms with Gasteiger partial charge in [-0.3, -0.25) is 0 Å². The monoisotopic (exact) mass is 227 g/mol. The number of hydrogen-bond donors (Lipinski definition) is 0. The summed E-state index contributed by atoms with van der Waals surface area (Å²) in [6, 6.07) is 6.47. The molecule has 2 rings (SSSR count). The van der Waals surface area contributed by atoms with Crippen LogP contribution in [0.4, 0.5) is 13.2 Å². The molecule has 0 fully saturated rings. The first-order chi connectivity index (χ1) is 7.47. The fraction of sp³-hybridized carbons (Fsp3) is 0.182. The Labute approximate surface area is 89.7 Å². The summed E-state index contributed by atoms with van der Waals surface area (Å²) in [7, 11) is 0. The topological polar surface area (TPSA) is 26.0 Å². The minimum absolute atomic E-state index is 0.534. The Morgan fingerprint density at radius 1 is 1.12 bits per heavy atom. The van der Waals surface area contributed by atoms with Crippen molar-refractivity contribution in [2.45, 2.75) is 13.1 Å². The van der Waals surface area contributed by atoms with Crippen LogP contribution in [0.2, 0.25) is 0 Å². The zero-order valence-electron chi connectivity index (χ0n) is 8.38. The van der Waals surface area contributed by atoms with Crippen LogP contribution in [0.5, 0.6) is 0 Å². The second-order valence-corrected chi connectivity index (χ2v) is 3.40. The van der Waals surface area contributed by atoms with Crippen LogP contribution in [-0.2, 0) is 6.18 Å². The smallest absolute Gasteiger partial charge is 0.361 e. The van der Waals surface area contributed by atoms with Gasteiger partial charge in [-0.15, -0.1) is 0 Å². The van der Waals surface area contributed by atoms with Crippen molar-refractivity contribution in [2.75, 3.05) is 0 Å². The lowest BCUT2D eigenvalue weighted by molar-refractivity contribution is -0.137. The van der Waals surface area contributed by atoms with E-state index in [1.54, 1.807) is 13.0 Å². The van der Waals surface area contributed by atoms with Gasteiger partial charge in [0.05, 0.1) is 5.56 Å². The predicted octanol–water partition coefficient (Wildman–Crippen LogP) is 3.67. The predicted molar refractivity (Wildman–Crippen MR) is 51.7 cm³/mol. The first kappa shape index (κ1) is 10.7. The Morgan fingerprint density at radius 2 is 1.75 bits per heavy atom. The minimum atomic E-state index is -4.31. The average Bonchev–Trinajstić information content (AvgIpc) is 2.64. The van der Waals surface area contributed by atoms with Crippen molar-refractivity contribution in [1.82, 2.24) is 5.16 Å². The summed E-state index contributed by atoms with van der Waals surface area (Å²) in [6.45, 7) is 1.72. The number of aromatic nitrogens is 1. The highest BCUT2D eigenvalue weighted by Gasteiger charge is 2.30. The third-order valence-corrected chi connectivity index (χ3v) is 2.14. The number of hydrogen-bond acceptors (Lipinski definition) is 2. The van der Waals surface area contributed by atoms with Gasteiger partial charge in [0.25, 0.3) is 0 Å². The third-order valence-electron chi connectivity index (χ3n) is 2.14.